The number of piperazine rings is 1. The predicted molar refractivity (Wildman–Crippen MR) is 98.9 cm³/mol. The Morgan fingerprint density at radius 1 is 1.16 bits per heavy atom. The van der Waals surface area contributed by atoms with Crippen LogP contribution in [-0.2, 0) is 0 Å². The van der Waals surface area contributed by atoms with Gasteiger partial charge in [0.1, 0.15) is 6.33 Å². The second-order valence-electron chi connectivity index (χ2n) is 5.97. The molecular formula is C16H19ClN6O2. The van der Waals surface area contributed by atoms with E-state index in [1.165, 1.54) is 6.33 Å². The van der Waals surface area contributed by atoms with E-state index in [9.17, 15) is 10.1 Å². The van der Waals surface area contributed by atoms with Crippen LogP contribution >= 0.6 is 11.6 Å². The van der Waals surface area contributed by atoms with Crippen LogP contribution in [0.3, 0.4) is 0 Å². The van der Waals surface area contributed by atoms with Gasteiger partial charge >= 0.3 is 5.69 Å². The molecule has 0 unspecified atom stereocenters. The van der Waals surface area contributed by atoms with Crippen molar-refractivity contribution in [3.05, 3.63) is 45.7 Å². The zero-order valence-corrected chi connectivity index (χ0v) is 14.8. The highest BCUT2D eigenvalue weighted by Gasteiger charge is 2.30. The zero-order valence-electron chi connectivity index (χ0n) is 14.1. The maximum atomic E-state index is 11.6. The molecule has 0 amide bonds. The molecule has 8 nitrogen and oxygen atoms in total. The number of halogens is 1. The Balaban J connectivity index is 1.81. The van der Waals surface area contributed by atoms with Crippen molar-refractivity contribution < 1.29 is 4.92 Å². The second kappa shape index (κ2) is 7.10. The molecule has 1 aromatic carbocycles. The lowest BCUT2D eigenvalue weighted by molar-refractivity contribution is -0.383. The summed E-state index contributed by atoms with van der Waals surface area (Å²) in [5, 5.41) is 12.3. The van der Waals surface area contributed by atoms with Crippen LogP contribution in [0.5, 0.6) is 0 Å². The average Bonchev–Trinajstić information content (AvgIpc) is 2.61. The van der Waals surface area contributed by atoms with Crippen LogP contribution in [0.25, 0.3) is 0 Å². The minimum absolute atomic E-state index is 0.0521. The first-order chi connectivity index (χ1) is 12.0. The summed E-state index contributed by atoms with van der Waals surface area (Å²) in [6, 6.07) is 7.70. The van der Waals surface area contributed by atoms with Crippen LogP contribution in [0.4, 0.5) is 23.0 Å². The maximum Gasteiger partial charge on any atom is 0.353 e. The van der Waals surface area contributed by atoms with Crippen LogP contribution in [0.15, 0.2) is 30.6 Å². The molecule has 0 radical (unpaired) electrons. The third kappa shape index (κ3) is 3.58. The highest BCUT2D eigenvalue weighted by molar-refractivity contribution is 6.30. The third-order valence-corrected chi connectivity index (χ3v) is 4.38. The van der Waals surface area contributed by atoms with E-state index < -0.39 is 4.92 Å². The smallest absolute Gasteiger partial charge is 0.353 e. The molecule has 3 rings (SSSR count). The molecule has 1 aromatic heterocycles. The molecule has 0 saturated carbocycles. The Hall–Kier alpha value is -2.61. The molecule has 1 aliphatic heterocycles. The second-order valence-corrected chi connectivity index (χ2v) is 6.41. The molecule has 1 fully saturated rings. The standard InChI is InChI=1S/C16H19ClN6O2/c1-20(2)15-14(23(24)25)16(19-11-18-15)22-8-6-21(7-9-22)13-5-3-4-12(17)10-13/h3-5,10-11H,6-9H2,1-2H3. The van der Waals surface area contributed by atoms with E-state index in [1.54, 1.807) is 19.0 Å². The van der Waals surface area contributed by atoms with E-state index in [2.05, 4.69) is 14.9 Å². The van der Waals surface area contributed by atoms with Gasteiger partial charge in [0.15, 0.2) is 0 Å². The summed E-state index contributed by atoms with van der Waals surface area (Å²) in [6.07, 6.45) is 1.38. The average molecular weight is 363 g/mol. The molecule has 1 aliphatic rings. The first-order valence-electron chi connectivity index (χ1n) is 7.89. The van der Waals surface area contributed by atoms with E-state index in [0.717, 1.165) is 18.8 Å². The van der Waals surface area contributed by atoms with Gasteiger partial charge < -0.3 is 14.7 Å². The SMILES string of the molecule is CN(C)c1ncnc(N2CCN(c3cccc(Cl)c3)CC2)c1[N+](=O)[O-]. The fraction of sp³-hybridized carbons (Fsp3) is 0.375. The number of benzene rings is 1. The molecule has 25 heavy (non-hydrogen) atoms. The van der Waals surface area contributed by atoms with Crippen molar-refractivity contribution in [3.63, 3.8) is 0 Å². The Morgan fingerprint density at radius 2 is 1.84 bits per heavy atom. The summed E-state index contributed by atoms with van der Waals surface area (Å²) in [5.41, 5.74) is 1.00. The zero-order chi connectivity index (χ0) is 18.0. The van der Waals surface area contributed by atoms with Gasteiger partial charge in [0.2, 0.25) is 11.6 Å². The summed E-state index contributed by atoms with van der Waals surface area (Å²) >= 11 is 6.06. The molecule has 2 heterocycles. The Bertz CT molecular complexity index is 777. The van der Waals surface area contributed by atoms with Gasteiger partial charge in [0, 0.05) is 51.0 Å². The van der Waals surface area contributed by atoms with Gasteiger partial charge in [-0.2, -0.15) is 0 Å². The van der Waals surface area contributed by atoms with Gasteiger partial charge in [-0.25, -0.2) is 9.97 Å². The van der Waals surface area contributed by atoms with Crippen molar-refractivity contribution >= 4 is 34.6 Å². The number of hydrogen-bond donors (Lipinski definition) is 0. The van der Waals surface area contributed by atoms with Crippen LogP contribution in [0.2, 0.25) is 5.02 Å². The molecule has 0 bridgehead atoms. The van der Waals surface area contributed by atoms with Crippen molar-refractivity contribution in [3.8, 4) is 0 Å². The molecule has 9 heteroatoms. The quantitative estimate of drug-likeness (QED) is 0.610. The molecule has 0 N–H and O–H groups in total. The van der Waals surface area contributed by atoms with E-state index >= 15 is 0 Å². The van der Waals surface area contributed by atoms with Gasteiger partial charge in [0.25, 0.3) is 0 Å². The fourth-order valence-corrected chi connectivity index (χ4v) is 3.12. The van der Waals surface area contributed by atoms with Gasteiger partial charge in [-0.3, -0.25) is 10.1 Å². The molecule has 0 spiro atoms. The third-order valence-electron chi connectivity index (χ3n) is 4.14. The summed E-state index contributed by atoms with van der Waals surface area (Å²) in [4.78, 5) is 25.2. The Morgan fingerprint density at radius 3 is 2.44 bits per heavy atom. The molecule has 0 aliphatic carbocycles. The summed E-state index contributed by atoms with van der Waals surface area (Å²) in [5.74, 6) is 0.682. The van der Waals surface area contributed by atoms with Crippen LogP contribution in [-0.4, -0.2) is 55.2 Å². The molecule has 2 aromatic rings. The van der Waals surface area contributed by atoms with Crippen molar-refractivity contribution in [1.82, 2.24) is 9.97 Å². The van der Waals surface area contributed by atoms with E-state index in [-0.39, 0.29) is 5.69 Å². The first-order valence-corrected chi connectivity index (χ1v) is 8.27. The number of hydrogen-bond acceptors (Lipinski definition) is 7. The van der Waals surface area contributed by atoms with Gasteiger partial charge in [-0.1, -0.05) is 17.7 Å². The minimum atomic E-state index is -0.409. The number of nitro groups is 1. The maximum absolute atomic E-state index is 11.6. The number of aromatic nitrogens is 2. The summed E-state index contributed by atoms with van der Waals surface area (Å²) < 4.78 is 0. The first kappa shape index (κ1) is 17.2. The predicted octanol–water partition coefficient (Wildman–Crippen LogP) is 2.43. The Kier molecular flexibility index (Phi) is 4.89. The number of nitrogens with zero attached hydrogens (tertiary/aromatic N) is 6. The topological polar surface area (TPSA) is 78.6 Å². The fourth-order valence-electron chi connectivity index (χ4n) is 2.93. The summed E-state index contributed by atoms with van der Waals surface area (Å²) in [6.45, 7) is 2.74. The highest BCUT2D eigenvalue weighted by Crippen LogP contribution is 2.34. The highest BCUT2D eigenvalue weighted by atomic mass is 35.5. The van der Waals surface area contributed by atoms with Crippen molar-refractivity contribution in [2.75, 3.05) is 55.0 Å². The normalized spacial score (nSPS) is 14.5. The van der Waals surface area contributed by atoms with Gasteiger partial charge in [-0.05, 0) is 18.2 Å². The van der Waals surface area contributed by atoms with Crippen LogP contribution < -0.4 is 14.7 Å². The molecule has 0 atom stereocenters. The van der Waals surface area contributed by atoms with E-state index in [0.29, 0.717) is 29.7 Å². The lowest BCUT2D eigenvalue weighted by Crippen LogP contribution is -2.47. The van der Waals surface area contributed by atoms with Crippen LogP contribution in [0.1, 0.15) is 0 Å². The van der Waals surface area contributed by atoms with Crippen LogP contribution in [0, 0.1) is 10.1 Å². The lowest BCUT2D eigenvalue weighted by Gasteiger charge is -2.36. The minimum Gasteiger partial charge on any atom is -0.368 e. The molecule has 1 saturated heterocycles. The number of rotatable bonds is 4. The van der Waals surface area contributed by atoms with E-state index in [4.69, 9.17) is 11.6 Å². The number of anilines is 3. The summed E-state index contributed by atoms with van der Waals surface area (Å²) in [7, 11) is 3.46. The van der Waals surface area contributed by atoms with Crippen molar-refractivity contribution in [2.24, 2.45) is 0 Å². The van der Waals surface area contributed by atoms with Crippen molar-refractivity contribution in [1.29, 1.82) is 0 Å². The largest absolute Gasteiger partial charge is 0.368 e. The van der Waals surface area contributed by atoms with E-state index in [1.807, 2.05) is 29.2 Å². The molecule has 132 valence electrons. The monoisotopic (exact) mass is 362 g/mol. The Labute approximate surface area is 150 Å². The van der Waals surface area contributed by atoms with Gasteiger partial charge in [0.05, 0.1) is 4.92 Å². The lowest BCUT2D eigenvalue weighted by atomic mass is 10.2. The van der Waals surface area contributed by atoms with Gasteiger partial charge in [-0.15, -0.1) is 0 Å². The molecular weight excluding hydrogens is 344 g/mol. The van der Waals surface area contributed by atoms with Crippen molar-refractivity contribution in [2.45, 2.75) is 0 Å².